The Morgan fingerprint density at radius 1 is 1.24 bits per heavy atom. The summed E-state index contributed by atoms with van der Waals surface area (Å²) in [6.07, 6.45) is 1.66. The molecule has 0 bridgehead atoms. The number of nitro benzene ring substituents is 1. The third-order valence-electron chi connectivity index (χ3n) is 4.27. The van der Waals surface area contributed by atoms with Gasteiger partial charge in [0.1, 0.15) is 0 Å². The van der Waals surface area contributed by atoms with Crippen LogP contribution >= 0.6 is 11.6 Å². The topological polar surface area (TPSA) is 71.7 Å². The summed E-state index contributed by atoms with van der Waals surface area (Å²) in [7, 11) is 1.45. The van der Waals surface area contributed by atoms with Crippen molar-refractivity contribution in [3.8, 4) is 5.75 Å². The SMILES string of the molecule is COc1cc(N2CCN(Cc3ccc(Cl)cn3)CC2)ccc1[N+](=O)[O-]. The zero-order valence-corrected chi connectivity index (χ0v) is 14.6. The summed E-state index contributed by atoms with van der Waals surface area (Å²) in [5, 5.41) is 11.6. The van der Waals surface area contributed by atoms with E-state index in [0.29, 0.717) is 5.02 Å². The number of hydrogen-bond donors (Lipinski definition) is 0. The number of nitrogens with zero attached hydrogens (tertiary/aromatic N) is 4. The van der Waals surface area contributed by atoms with E-state index in [4.69, 9.17) is 16.3 Å². The van der Waals surface area contributed by atoms with Gasteiger partial charge in [-0.1, -0.05) is 11.6 Å². The zero-order chi connectivity index (χ0) is 17.8. The monoisotopic (exact) mass is 362 g/mol. The van der Waals surface area contributed by atoms with Crippen molar-refractivity contribution >= 4 is 23.0 Å². The van der Waals surface area contributed by atoms with Gasteiger partial charge in [-0.2, -0.15) is 0 Å². The van der Waals surface area contributed by atoms with Gasteiger partial charge in [-0.3, -0.25) is 20.0 Å². The molecule has 1 aromatic carbocycles. The quantitative estimate of drug-likeness (QED) is 0.601. The lowest BCUT2D eigenvalue weighted by molar-refractivity contribution is -0.385. The summed E-state index contributed by atoms with van der Waals surface area (Å²) in [6.45, 7) is 4.25. The molecule has 0 atom stereocenters. The molecule has 0 saturated carbocycles. The smallest absolute Gasteiger partial charge is 0.311 e. The molecule has 0 spiro atoms. The maximum atomic E-state index is 11.0. The zero-order valence-electron chi connectivity index (χ0n) is 13.9. The molecule has 25 heavy (non-hydrogen) atoms. The minimum absolute atomic E-state index is 0.0151. The number of ether oxygens (including phenoxy) is 1. The highest BCUT2D eigenvalue weighted by Crippen LogP contribution is 2.31. The van der Waals surface area contributed by atoms with E-state index in [1.807, 2.05) is 12.1 Å². The molecule has 3 rings (SSSR count). The number of hydrogen-bond acceptors (Lipinski definition) is 6. The van der Waals surface area contributed by atoms with Crippen LogP contribution in [0.5, 0.6) is 5.75 Å². The fourth-order valence-corrected chi connectivity index (χ4v) is 3.02. The molecule has 1 aliphatic heterocycles. The lowest BCUT2D eigenvalue weighted by Gasteiger charge is -2.36. The summed E-state index contributed by atoms with van der Waals surface area (Å²) in [5.41, 5.74) is 1.92. The maximum Gasteiger partial charge on any atom is 0.311 e. The van der Waals surface area contributed by atoms with E-state index >= 15 is 0 Å². The van der Waals surface area contributed by atoms with Gasteiger partial charge in [0.15, 0.2) is 5.75 Å². The van der Waals surface area contributed by atoms with Crippen LogP contribution in [0.4, 0.5) is 11.4 Å². The molecule has 0 radical (unpaired) electrons. The van der Waals surface area contributed by atoms with E-state index in [9.17, 15) is 10.1 Å². The normalized spacial score (nSPS) is 15.2. The van der Waals surface area contributed by atoms with Gasteiger partial charge < -0.3 is 9.64 Å². The van der Waals surface area contributed by atoms with E-state index in [2.05, 4.69) is 14.8 Å². The number of halogens is 1. The predicted octanol–water partition coefficient (Wildman–Crippen LogP) is 2.97. The Morgan fingerprint density at radius 3 is 2.60 bits per heavy atom. The molecular weight excluding hydrogens is 344 g/mol. The Balaban J connectivity index is 1.62. The summed E-state index contributed by atoms with van der Waals surface area (Å²) in [5.74, 6) is 0.287. The molecule has 7 nitrogen and oxygen atoms in total. The Morgan fingerprint density at radius 2 is 2.00 bits per heavy atom. The molecule has 8 heteroatoms. The second-order valence-electron chi connectivity index (χ2n) is 5.84. The molecule has 2 heterocycles. The number of benzene rings is 1. The van der Waals surface area contributed by atoms with E-state index < -0.39 is 4.92 Å². The number of anilines is 1. The van der Waals surface area contributed by atoms with Crippen molar-refractivity contribution in [3.05, 3.63) is 57.4 Å². The van der Waals surface area contributed by atoms with Gasteiger partial charge >= 0.3 is 5.69 Å². The lowest BCUT2D eigenvalue weighted by Crippen LogP contribution is -2.46. The Hall–Kier alpha value is -2.38. The van der Waals surface area contributed by atoms with E-state index in [1.54, 1.807) is 18.3 Å². The van der Waals surface area contributed by atoms with Crippen molar-refractivity contribution in [1.29, 1.82) is 0 Å². The molecule has 1 fully saturated rings. The van der Waals surface area contributed by atoms with Gasteiger partial charge in [-0.05, 0) is 18.2 Å². The summed E-state index contributed by atoms with van der Waals surface area (Å²) >= 11 is 5.86. The maximum absolute atomic E-state index is 11.0. The fraction of sp³-hybridized carbons (Fsp3) is 0.353. The second kappa shape index (κ2) is 7.67. The molecule has 132 valence electrons. The van der Waals surface area contributed by atoms with Crippen LogP contribution in [0.25, 0.3) is 0 Å². The van der Waals surface area contributed by atoms with Crippen LogP contribution in [0.1, 0.15) is 5.69 Å². The Kier molecular flexibility index (Phi) is 5.35. The van der Waals surface area contributed by atoms with Crippen molar-refractivity contribution in [2.45, 2.75) is 6.54 Å². The van der Waals surface area contributed by atoms with Gasteiger partial charge in [0.05, 0.1) is 22.7 Å². The number of piperazine rings is 1. The average Bonchev–Trinajstić information content (AvgIpc) is 2.63. The summed E-state index contributed by atoms with van der Waals surface area (Å²) < 4.78 is 5.15. The number of nitro groups is 1. The van der Waals surface area contributed by atoms with Crippen LogP contribution in [0.2, 0.25) is 5.02 Å². The molecular formula is C17H19ClN4O3. The van der Waals surface area contributed by atoms with Gasteiger partial charge in [-0.15, -0.1) is 0 Å². The van der Waals surface area contributed by atoms with Crippen LogP contribution in [-0.4, -0.2) is 48.1 Å². The predicted molar refractivity (Wildman–Crippen MR) is 96.4 cm³/mol. The van der Waals surface area contributed by atoms with E-state index in [1.165, 1.54) is 13.2 Å². The third-order valence-corrected chi connectivity index (χ3v) is 4.50. The minimum atomic E-state index is -0.431. The average molecular weight is 363 g/mol. The van der Waals surface area contributed by atoms with Crippen molar-refractivity contribution in [3.63, 3.8) is 0 Å². The second-order valence-corrected chi connectivity index (χ2v) is 6.28. The van der Waals surface area contributed by atoms with Gasteiger partial charge in [0.25, 0.3) is 0 Å². The largest absolute Gasteiger partial charge is 0.490 e. The number of methoxy groups -OCH3 is 1. The third kappa shape index (κ3) is 4.18. The highest BCUT2D eigenvalue weighted by Gasteiger charge is 2.21. The first-order valence-electron chi connectivity index (χ1n) is 7.97. The number of aromatic nitrogens is 1. The van der Waals surface area contributed by atoms with Crippen LogP contribution in [0.3, 0.4) is 0 Å². The fourth-order valence-electron chi connectivity index (χ4n) is 2.91. The van der Waals surface area contributed by atoms with Crippen molar-refractivity contribution in [2.75, 3.05) is 38.2 Å². The van der Waals surface area contributed by atoms with Gasteiger partial charge in [0.2, 0.25) is 0 Å². The van der Waals surface area contributed by atoms with Crippen molar-refractivity contribution in [2.24, 2.45) is 0 Å². The van der Waals surface area contributed by atoms with Crippen LogP contribution in [0.15, 0.2) is 36.5 Å². The van der Waals surface area contributed by atoms with Crippen LogP contribution in [0, 0.1) is 10.1 Å². The standard InChI is InChI=1S/C17H19ClN4O3/c1-25-17-10-15(4-5-16(17)22(23)24)21-8-6-20(7-9-21)12-14-3-2-13(18)11-19-14/h2-5,10-11H,6-9,12H2,1H3. The molecule has 1 saturated heterocycles. The minimum Gasteiger partial charge on any atom is -0.490 e. The molecule has 0 aliphatic carbocycles. The van der Waals surface area contributed by atoms with Crippen molar-refractivity contribution < 1.29 is 9.66 Å². The van der Waals surface area contributed by atoms with Crippen LogP contribution in [-0.2, 0) is 6.54 Å². The first-order valence-corrected chi connectivity index (χ1v) is 8.35. The highest BCUT2D eigenvalue weighted by molar-refractivity contribution is 6.30. The molecule has 1 aliphatic rings. The first kappa shape index (κ1) is 17.4. The molecule has 0 N–H and O–H groups in total. The molecule has 0 amide bonds. The Labute approximate surface area is 150 Å². The van der Waals surface area contributed by atoms with Crippen LogP contribution < -0.4 is 9.64 Å². The highest BCUT2D eigenvalue weighted by atomic mass is 35.5. The molecule has 0 unspecified atom stereocenters. The van der Waals surface area contributed by atoms with Gasteiger partial charge in [-0.25, -0.2) is 0 Å². The Bertz CT molecular complexity index is 746. The lowest BCUT2D eigenvalue weighted by atomic mass is 10.2. The molecule has 2 aromatic rings. The van der Waals surface area contributed by atoms with E-state index in [-0.39, 0.29) is 11.4 Å². The summed E-state index contributed by atoms with van der Waals surface area (Å²) in [6, 6.07) is 8.79. The molecule has 1 aromatic heterocycles. The summed E-state index contributed by atoms with van der Waals surface area (Å²) in [4.78, 5) is 19.4. The van der Waals surface area contributed by atoms with E-state index in [0.717, 1.165) is 44.1 Å². The van der Waals surface area contributed by atoms with Gasteiger partial charge in [0, 0.05) is 56.7 Å². The number of rotatable bonds is 5. The first-order chi connectivity index (χ1) is 12.1. The number of pyridine rings is 1. The van der Waals surface area contributed by atoms with Crippen molar-refractivity contribution in [1.82, 2.24) is 9.88 Å².